The van der Waals surface area contributed by atoms with Crippen LogP contribution in [0.15, 0.2) is 89.4 Å². The van der Waals surface area contributed by atoms with Gasteiger partial charge in [-0.2, -0.15) is 0 Å². The van der Waals surface area contributed by atoms with E-state index in [1.54, 1.807) is 24.3 Å². The Bertz CT molecular complexity index is 905. The van der Waals surface area contributed by atoms with Crippen LogP contribution >= 0.6 is 15.9 Å². The predicted molar refractivity (Wildman–Crippen MR) is 109 cm³/mol. The van der Waals surface area contributed by atoms with Crippen LogP contribution in [0.4, 0.5) is 0 Å². The number of benzene rings is 3. The summed E-state index contributed by atoms with van der Waals surface area (Å²) < 4.78 is 0.881. The van der Waals surface area contributed by atoms with Gasteiger partial charge in [0, 0.05) is 22.4 Å². The van der Waals surface area contributed by atoms with Crippen molar-refractivity contribution in [3.8, 4) is 0 Å². The molecule has 0 saturated carbocycles. The summed E-state index contributed by atoms with van der Waals surface area (Å²) in [4.78, 5) is 25.0. The molecule has 3 nitrogen and oxygen atoms in total. The van der Waals surface area contributed by atoms with Gasteiger partial charge in [-0.05, 0) is 23.3 Å². The average Bonchev–Trinajstić information content (AvgIpc) is 2.70. The van der Waals surface area contributed by atoms with Gasteiger partial charge in [0.15, 0.2) is 5.78 Å². The number of carbonyl (C=O) groups is 2. The Morgan fingerprint density at radius 2 is 1.33 bits per heavy atom. The zero-order valence-electron chi connectivity index (χ0n) is 14.6. The summed E-state index contributed by atoms with van der Waals surface area (Å²) in [6.07, 6.45) is 0.126. The second-order valence-electron chi connectivity index (χ2n) is 6.38. The second kappa shape index (κ2) is 8.78. The third-order valence-corrected chi connectivity index (χ3v) is 5.16. The van der Waals surface area contributed by atoms with Crippen LogP contribution in [0.5, 0.6) is 0 Å². The Balaban J connectivity index is 2.01. The standard InChI is InChI=1S/C23H19BrO3/c24-19-13-11-18(12-14-19)22(23(26)27)20(16-7-3-1-4-8-16)15-21(25)17-9-5-2-6-10-17/h1-14,20,22H,15H2,(H,26,27)/t20-,22-/m0/s1. The van der Waals surface area contributed by atoms with Crippen LogP contribution < -0.4 is 0 Å². The molecule has 136 valence electrons. The van der Waals surface area contributed by atoms with Crippen molar-refractivity contribution in [2.75, 3.05) is 0 Å². The third-order valence-electron chi connectivity index (χ3n) is 4.63. The zero-order chi connectivity index (χ0) is 19.2. The lowest BCUT2D eigenvalue weighted by atomic mass is 9.78. The van der Waals surface area contributed by atoms with E-state index in [1.165, 1.54) is 0 Å². The topological polar surface area (TPSA) is 54.4 Å². The van der Waals surface area contributed by atoms with Gasteiger partial charge in [0.05, 0.1) is 5.92 Å². The molecule has 3 rings (SSSR count). The minimum Gasteiger partial charge on any atom is -0.481 e. The average molecular weight is 423 g/mol. The predicted octanol–water partition coefficient (Wildman–Crippen LogP) is 5.67. The van der Waals surface area contributed by atoms with Crippen molar-refractivity contribution >= 4 is 27.7 Å². The summed E-state index contributed by atoms with van der Waals surface area (Å²) in [5.74, 6) is -2.27. The van der Waals surface area contributed by atoms with Gasteiger partial charge < -0.3 is 5.11 Å². The number of hydrogen-bond donors (Lipinski definition) is 1. The lowest BCUT2D eigenvalue weighted by Crippen LogP contribution is -2.23. The molecule has 0 heterocycles. The van der Waals surface area contributed by atoms with E-state index < -0.39 is 17.8 Å². The van der Waals surface area contributed by atoms with E-state index in [4.69, 9.17) is 0 Å². The fourth-order valence-electron chi connectivity index (χ4n) is 3.29. The summed E-state index contributed by atoms with van der Waals surface area (Å²) in [6.45, 7) is 0. The number of aliphatic carboxylic acids is 1. The van der Waals surface area contributed by atoms with E-state index in [2.05, 4.69) is 15.9 Å². The van der Waals surface area contributed by atoms with Gasteiger partial charge >= 0.3 is 5.97 Å². The number of carboxylic acids is 1. The number of Topliss-reactive ketones (excluding diaryl/α,β-unsaturated/α-hetero) is 1. The largest absolute Gasteiger partial charge is 0.481 e. The molecular weight excluding hydrogens is 404 g/mol. The molecule has 0 aromatic heterocycles. The van der Waals surface area contributed by atoms with E-state index in [0.29, 0.717) is 11.1 Å². The van der Waals surface area contributed by atoms with Crippen LogP contribution in [-0.4, -0.2) is 16.9 Å². The molecule has 3 aromatic carbocycles. The summed E-state index contributed by atoms with van der Waals surface area (Å²) in [5, 5.41) is 9.99. The van der Waals surface area contributed by atoms with Gasteiger partial charge in [0.1, 0.15) is 0 Å². The van der Waals surface area contributed by atoms with Crippen LogP contribution in [-0.2, 0) is 4.79 Å². The minimum atomic E-state index is -0.938. The number of rotatable bonds is 7. The second-order valence-corrected chi connectivity index (χ2v) is 7.29. The zero-order valence-corrected chi connectivity index (χ0v) is 16.2. The summed E-state index contributed by atoms with van der Waals surface area (Å²) >= 11 is 3.38. The highest BCUT2D eigenvalue weighted by Gasteiger charge is 2.32. The molecule has 0 unspecified atom stereocenters. The van der Waals surface area contributed by atoms with E-state index in [1.807, 2.05) is 60.7 Å². The molecular formula is C23H19BrO3. The van der Waals surface area contributed by atoms with Gasteiger partial charge in [-0.25, -0.2) is 0 Å². The lowest BCUT2D eigenvalue weighted by molar-refractivity contribution is -0.139. The van der Waals surface area contributed by atoms with Gasteiger partial charge in [-0.3, -0.25) is 9.59 Å². The molecule has 1 N–H and O–H groups in total. The van der Waals surface area contributed by atoms with Crippen molar-refractivity contribution in [3.05, 3.63) is 106 Å². The maximum atomic E-state index is 12.8. The van der Waals surface area contributed by atoms with E-state index >= 15 is 0 Å². The minimum absolute atomic E-state index is 0.0622. The van der Waals surface area contributed by atoms with E-state index in [0.717, 1.165) is 10.0 Å². The molecule has 0 radical (unpaired) electrons. The fourth-order valence-corrected chi connectivity index (χ4v) is 3.55. The van der Waals surface area contributed by atoms with Crippen molar-refractivity contribution in [2.24, 2.45) is 0 Å². The molecule has 2 atom stereocenters. The smallest absolute Gasteiger partial charge is 0.311 e. The van der Waals surface area contributed by atoms with Gasteiger partial charge in [0.25, 0.3) is 0 Å². The number of hydrogen-bond acceptors (Lipinski definition) is 2. The molecule has 4 heteroatoms. The van der Waals surface area contributed by atoms with Crippen LogP contribution in [0.1, 0.15) is 39.7 Å². The molecule has 0 aliphatic carbocycles. The Labute approximate surface area is 166 Å². The first-order valence-corrected chi connectivity index (χ1v) is 9.47. The van der Waals surface area contributed by atoms with E-state index in [9.17, 15) is 14.7 Å². The van der Waals surface area contributed by atoms with Gasteiger partial charge in [0.2, 0.25) is 0 Å². The quantitative estimate of drug-likeness (QED) is 0.498. The summed E-state index contributed by atoms with van der Waals surface area (Å²) in [7, 11) is 0. The van der Waals surface area contributed by atoms with Crippen LogP contribution in [0.3, 0.4) is 0 Å². The highest BCUT2D eigenvalue weighted by Crippen LogP contribution is 2.37. The molecule has 0 aliphatic rings. The lowest BCUT2D eigenvalue weighted by Gasteiger charge is -2.24. The highest BCUT2D eigenvalue weighted by atomic mass is 79.9. The van der Waals surface area contributed by atoms with Gasteiger partial charge in [-0.15, -0.1) is 0 Å². The van der Waals surface area contributed by atoms with Gasteiger partial charge in [-0.1, -0.05) is 88.7 Å². The number of halogens is 1. The molecule has 3 aromatic rings. The SMILES string of the molecule is O=C(C[C@@H](c1ccccc1)[C@@H](C(=O)O)c1ccc(Br)cc1)c1ccccc1. The third kappa shape index (κ3) is 4.72. The van der Waals surface area contributed by atoms with Crippen molar-refractivity contribution in [1.82, 2.24) is 0 Å². The number of ketones is 1. The molecule has 27 heavy (non-hydrogen) atoms. The van der Waals surface area contributed by atoms with E-state index in [-0.39, 0.29) is 12.2 Å². The van der Waals surface area contributed by atoms with Crippen molar-refractivity contribution in [3.63, 3.8) is 0 Å². The Hall–Kier alpha value is -2.72. The first-order chi connectivity index (χ1) is 13.1. The molecule has 0 bridgehead atoms. The Morgan fingerprint density at radius 3 is 1.89 bits per heavy atom. The molecule has 0 spiro atoms. The summed E-state index contributed by atoms with van der Waals surface area (Å²) in [6, 6.07) is 25.7. The fraction of sp³-hybridized carbons (Fsp3) is 0.130. The molecule has 0 amide bonds. The molecule has 0 saturated heterocycles. The van der Waals surface area contributed by atoms with Crippen LogP contribution in [0.2, 0.25) is 0 Å². The molecule has 0 aliphatic heterocycles. The number of carboxylic acid groups (broad SMARTS) is 1. The van der Waals surface area contributed by atoms with Crippen molar-refractivity contribution in [1.29, 1.82) is 0 Å². The monoisotopic (exact) mass is 422 g/mol. The highest BCUT2D eigenvalue weighted by molar-refractivity contribution is 9.10. The molecule has 0 fully saturated rings. The first kappa shape index (κ1) is 19.1. The number of carbonyl (C=O) groups excluding carboxylic acids is 1. The first-order valence-electron chi connectivity index (χ1n) is 8.67. The Kier molecular flexibility index (Phi) is 6.20. The Morgan fingerprint density at radius 1 is 0.778 bits per heavy atom. The van der Waals surface area contributed by atoms with Crippen molar-refractivity contribution in [2.45, 2.75) is 18.3 Å². The van der Waals surface area contributed by atoms with Crippen LogP contribution in [0.25, 0.3) is 0 Å². The normalized spacial score (nSPS) is 12.9. The summed E-state index contributed by atoms with van der Waals surface area (Å²) in [5.41, 5.74) is 2.12. The maximum absolute atomic E-state index is 12.8. The van der Waals surface area contributed by atoms with Crippen LogP contribution in [0, 0.1) is 0 Å². The van der Waals surface area contributed by atoms with Crippen molar-refractivity contribution < 1.29 is 14.7 Å². The maximum Gasteiger partial charge on any atom is 0.311 e.